The zero-order chi connectivity index (χ0) is 25.8. The van der Waals surface area contributed by atoms with Crippen LogP contribution in [0.15, 0.2) is 80.9 Å². The van der Waals surface area contributed by atoms with Crippen LogP contribution in [0.25, 0.3) is 0 Å². The first-order valence-corrected chi connectivity index (χ1v) is 12.0. The molecule has 15 heteroatoms. The fraction of sp³-hybridized carbons (Fsp3) is 0.0500. The van der Waals surface area contributed by atoms with E-state index < -0.39 is 31.3 Å². The van der Waals surface area contributed by atoms with Gasteiger partial charge in [-0.1, -0.05) is 0 Å². The number of aryl methyl sites for hydroxylation is 1. The quantitative estimate of drug-likeness (QED) is 0.0692. The Hall–Kier alpha value is -3.83. The van der Waals surface area contributed by atoms with Crippen LogP contribution < -0.4 is 5.43 Å². The van der Waals surface area contributed by atoms with Crippen molar-refractivity contribution >= 4 is 61.3 Å². The predicted molar refractivity (Wildman–Crippen MR) is 135 cm³/mol. The van der Waals surface area contributed by atoms with Crippen LogP contribution >= 0.6 is 22.6 Å². The third kappa shape index (κ3) is 6.61. The molecule has 180 valence electrons. The number of hydrogen-bond acceptors (Lipinski definition) is 9. The number of amidine groups is 1. The fourth-order valence-corrected chi connectivity index (χ4v) is 3.71. The highest BCUT2D eigenvalue weighted by Gasteiger charge is 2.20. The number of azo groups is 1. The minimum atomic E-state index is -4.45. The SMILES string of the molecule is Cc1cc(S(=O)(=O)O)ccc1/C(N=Nc1ccc([N+](=O)[O-])cc1[N+](=O)[O-])=N/Nc1ccc(I)cc1. The van der Waals surface area contributed by atoms with Gasteiger partial charge in [-0.25, -0.2) is 0 Å². The molecule has 0 saturated carbocycles. The van der Waals surface area contributed by atoms with Crippen LogP contribution in [0.2, 0.25) is 0 Å². The summed E-state index contributed by atoms with van der Waals surface area (Å²) in [5.74, 6) is -0.0735. The normalized spacial score (nSPS) is 12.0. The molecular formula is C20H15IN6O7S. The first-order chi connectivity index (χ1) is 16.5. The molecule has 0 heterocycles. The fourth-order valence-electron chi connectivity index (χ4n) is 2.78. The molecule has 0 aromatic heterocycles. The number of nitro benzene ring substituents is 2. The number of hydrazone groups is 1. The zero-order valence-corrected chi connectivity index (χ0v) is 20.7. The van der Waals surface area contributed by atoms with E-state index in [1.165, 1.54) is 12.1 Å². The lowest BCUT2D eigenvalue weighted by molar-refractivity contribution is -0.393. The standard InChI is InChI=1S/C20H15IN6O7S/c1-12-10-16(35(32,33)34)7-8-17(12)20(24-22-14-4-2-13(21)3-5-14)25-23-18-9-6-15(26(28)29)11-19(18)27(30)31/h2-11,22H,1H3,(H,32,33,34)/b24-20-,25-23?. The summed E-state index contributed by atoms with van der Waals surface area (Å²) in [5.41, 5.74) is 2.67. The molecule has 0 aliphatic heterocycles. The number of nitrogens with zero attached hydrogens (tertiary/aromatic N) is 5. The van der Waals surface area contributed by atoms with Crippen LogP contribution in [0.3, 0.4) is 0 Å². The summed E-state index contributed by atoms with van der Waals surface area (Å²) < 4.78 is 33.2. The molecule has 0 saturated heterocycles. The van der Waals surface area contributed by atoms with Crippen molar-refractivity contribution in [2.24, 2.45) is 15.3 Å². The maximum atomic E-state index is 11.5. The first kappa shape index (κ1) is 25.8. The average Bonchev–Trinajstić information content (AvgIpc) is 2.79. The van der Waals surface area contributed by atoms with Gasteiger partial charge in [-0.2, -0.15) is 13.5 Å². The molecule has 0 spiro atoms. The van der Waals surface area contributed by atoms with Gasteiger partial charge in [0.1, 0.15) is 0 Å². The molecule has 0 aliphatic rings. The molecule has 0 unspecified atom stereocenters. The molecule has 13 nitrogen and oxygen atoms in total. The second kappa shape index (κ2) is 10.6. The molecule has 0 radical (unpaired) electrons. The molecule has 2 N–H and O–H groups in total. The third-order valence-electron chi connectivity index (χ3n) is 4.49. The van der Waals surface area contributed by atoms with Gasteiger partial charge in [-0.3, -0.25) is 30.2 Å². The Kier molecular flexibility index (Phi) is 7.82. The number of non-ortho nitro benzene ring substituents is 1. The third-order valence-corrected chi connectivity index (χ3v) is 6.06. The van der Waals surface area contributed by atoms with Crippen molar-refractivity contribution < 1.29 is 22.8 Å². The van der Waals surface area contributed by atoms with Crippen LogP contribution in [-0.4, -0.2) is 28.7 Å². The second-order valence-corrected chi connectivity index (χ2v) is 9.56. The van der Waals surface area contributed by atoms with E-state index in [-0.39, 0.29) is 16.4 Å². The highest BCUT2D eigenvalue weighted by atomic mass is 127. The van der Waals surface area contributed by atoms with Crippen LogP contribution in [0.4, 0.5) is 22.7 Å². The molecule has 0 bridgehead atoms. The topological polar surface area (TPSA) is 190 Å². The zero-order valence-electron chi connectivity index (χ0n) is 17.7. The lowest BCUT2D eigenvalue weighted by atomic mass is 10.1. The molecule has 0 aliphatic carbocycles. The summed E-state index contributed by atoms with van der Waals surface area (Å²) in [6.07, 6.45) is 0. The largest absolute Gasteiger partial charge is 0.303 e. The molecule has 3 aromatic rings. The summed E-state index contributed by atoms with van der Waals surface area (Å²) in [5, 5.41) is 34.4. The number of anilines is 1. The monoisotopic (exact) mass is 610 g/mol. The van der Waals surface area contributed by atoms with Gasteiger partial charge in [0.05, 0.1) is 26.5 Å². The first-order valence-electron chi connectivity index (χ1n) is 9.48. The van der Waals surface area contributed by atoms with Crippen molar-refractivity contribution in [3.05, 3.63) is 95.6 Å². The molecule has 0 atom stereocenters. The van der Waals surface area contributed by atoms with Crippen molar-refractivity contribution in [3.8, 4) is 0 Å². The van der Waals surface area contributed by atoms with Gasteiger partial charge < -0.3 is 0 Å². The van der Waals surface area contributed by atoms with E-state index in [0.717, 1.165) is 27.8 Å². The second-order valence-electron chi connectivity index (χ2n) is 6.89. The summed E-state index contributed by atoms with van der Waals surface area (Å²) >= 11 is 2.13. The lowest BCUT2D eigenvalue weighted by Crippen LogP contribution is -2.06. The van der Waals surface area contributed by atoms with Crippen LogP contribution in [0.5, 0.6) is 0 Å². The average molecular weight is 610 g/mol. The lowest BCUT2D eigenvalue weighted by Gasteiger charge is -2.08. The smallest absolute Gasteiger partial charge is 0.282 e. The van der Waals surface area contributed by atoms with Gasteiger partial charge in [-0.05, 0) is 83.6 Å². The van der Waals surface area contributed by atoms with Crippen LogP contribution in [0, 0.1) is 30.7 Å². The van der Waals surface area contributed by atoms with Crippen molar-refractivity contribution in [3.63, 3.8) is 0 Å². The van der Waals surface area contributed by atoms with E-state index in [2.05, 4.69) is 43.3 Å². The number of nitrogens with one attached hydrogen (secondary N) is 1. The van der Waals surface area contributed by atoms with E-state index in [0.29, 0.717) is 16.8 Å². The maximum Gasteiger partial charge on any atom is 0.303 e. The predicted octanol–water partition coefficient (Wildman–Crippen LogP) is 5.22. The number of hydrogen-bond donors (Lipinski definition) is 2. The van der Waals surface area contributed by atoms with E-state index in [1.807, 2.05) is 12.1 Å². The Balaban J connectivity index is 2.08. The summed E-state index contributed by atoms with van der Waals surface area (Å²) in [6.45, 7) is 1.55. The summed E-state index contributed by atoms with van der Waals surface area (Å²) in [7, 11) is -4.45. The molecular weight excluding hydrogens is 595 g/mol. The summed E-state index contributed by atoms with van der Waals surface area (Å²) in [6, 6.07) is 13.7. The maximum absolute atomic E-state index is 11.5. The van der Waals surface area contributed by atoms with Gasteiger partial charge in [0.15, 0.2) is 5.69 Å². The highest BCUT2D eigenvalue weighted by Crippen LogP contribution is 2.32. The minimum Gasteiger partial charge on any atom is -0.282 e. The van der Waals surface area contributed by atoms with Crippen molar-refractivity contribution in [2.45, 2.75) is 11.8 Å². The Bertz CT molecular complexity index is 1470. The van der Waals surface area contributed by atoms with Crippen molar-refractivity contribution in [1.82, 2.24) is 0 Å². The van der Waals surface area contributed by atoms with Gasteiger partial charge in [0.2, 0.25) is 5.84 Å². The van der Waals surface area contributed by atoms with E-state index in [9.17, 15) is 33.2 Å². The molecule has 3 rings (SSSR count). The van der Waals surface area contributed by atoms with Gasteiger partial charge in [-0.15, -0.1) is 10.2 Å². The summed E-state index contributed by atoms with van der Waals surface area (Å²) in [4.78, 5) is 20.4. The van der Waals surface area contributed by atoms with Gasteiger partial charge >= 0.3 is 5.69 Å². The van der Waals surface area contributed by atoms with Crippen molar-refractivity contribution in [1.29, 1.82) is 0 Å². The van der Waals surface area contributed by atoms with Gasteiger partial charge in [0.25, 0.3) is 15.8 Å². The molecule has 3 aromatic carbocycles. The van der Waals surface area contributed by atoms with E-state index >= 15 is 0 Å². The Labute approximate surface area is 211 Å². The molecule has 35 heavy (non-hydrogen) atoms. The van der Waals surface area contributed by atoms with Crippen molar-refractivity contribution in [2.75, 3.05) is 5.43 Å². The van der Waals surface area contributed by atoms with Gasteiger partial charge in [0, 0.05) is 15.2 Å². The molecule has 0 amide bonds. The number of benzene rings is 3. The van der Waals surface area contributed by atoms with E-state index in [1.54, 1.807) is 19.1 Å². The van der Waals surface area contributed by atoms with E-state index in [4.69, 9.17) is 0 Å². The molecule has 0 fully saturated rings. The number of rotatable bonds is 7. The Morgan fingerprint density at radius 1 is 1.00 bits per heavy atom. The highest BCUT2D eigenvalue weighted by molar-refractivity contribution is 14.1. The Morgan fingerprint density at radius 2 is 1.69 bits per heavy atom. The Morgan fingerprint density at radius 3 is 2.26 bits per heavy atom. The number of nitro groups is 2. The van der Waals surface area contributed by atoms with Crippen LogP contribution in [0.1, 0.15) is 11.1 Å². The minimum absolute atomic E-state index is 0.0735. The van der Waals surface area contributed by atoms with Crippen LogP contribution in [-0.2, 0) is 10.1 Å². The number of halogens is 1.